The molecule has 1 aliphatic heterocycles. The van der Waals surface area contributed by atoms with Gasteiger partial charge in [0.15, 0.2) is 6.23 Å². The third-order valence-corrected chi connectivity index (χ3v) is 4.56. The van der Waals surface area contributed by atoms with Gasteiger partial charge in [-0.15, -0.1) is 0 Å². The van der Waals surface area contributed by atoms with Crippen LogP contribution >= 0.6 is 0 Å². The molecule has 136 valence electrons. The number of amidine groups is 1. The summed E-state index contributed by atoms with van der Waals surface area (Å²) in [4.78, 5) is 9.75. The van der Waals surface area contributed by atoms with Gasteiger partial charge in [0.25, 0.3) is 0 Å². The van der Waals surface area contributed by atoms with E-state index in [-0.39, 0.29) is 5.84 Å². The van der Waals surface area contributed by atoms with Crippen molar-refractivity contribution in [3.05, 3.63) is 72.1 Å². The number of nitrogens with zero attached hydrogens (tertiary/aromatic N) is 2. The number of aromatic nitrogens is 2. The smallest absolute Gasteiger partial charge is 0.174 e. The summed E-state index contributed by atoms with van der Waals surface area (Å²) in [5.74, 6) is 0.260. The topological polar surface area (TPSA) is 70.9 Å². The van der Waals surface area contributed by atoms with E-state index in [1.807, 2.05) is 60.7 Å². The molecular formula is C22H22N4O. The summed E-state index contributed by atoms with van der Waals surface area (Å²) < 4.78 is 5.92. The van der Waals surface area contributed by atoms with E-state index in [1.165, 1.54) is 0 Å². The highest BCUT2D eigenvalue weighted by Crippen LogP contribution is 2.33. The molecule has 0 bridgehead atoms. The SMILES string of the molecule is CCCCOC1NC(=N)c2nc(-c3ccccc3)c(-c3ccccc3)nc21. The number of rotatable bonds is 6. The van der Waals surface area contributed by atoms with Crippen LogP contribution in [0.4, 0.5) is 0 Å². The number of hydrogen-bond acceptors (Lipinski definition) is 4. The molecule has 0 aliphatic carbocycles. The van der Waals surface area contributed by atoms with Gasteiger partial charge in [0.05, 0.1) is 11.4 Å². The van der Waals surface area contributed by atoms with Crippen LogP contribution in [0.5, 0.6) is 0 Å². The Morgan fingerprint density at radius 3 is 2.07 bits per heavy atom. The van der Waals surface area contributed by atoms with Crippen LogP contribution in [-0.4, -0.2) is 22.4 Å². The maximum atomic E-state index is 8.28. The van der Waals surface area contributed by atoms with Crippen molar-refractivity contribution in [2.45, 2.75) is 26.0 Å². The Bertz CT molecular complexity index is 941. The van der Waals surface area contributed by atoms with E-state index in [1.54, 1.807) is 0 Å². The second kappa shape index (κ2) is 7.68. The molecule has 5 nitrogen and oxygen atoms in total. The molecule has 1 unspecified atom stereocenters. The summed E-state index contributed by atoms with van der Waals surface area (Å²) in [6.45, 7) is 2.75. The maximum Gasteiger partial charge on any atom is 0.174 e. The second-order valence-electron chi connectivity index (χ2n) is 6.51. The van der Waals surface area contributed by atoms with Crippen LogP contribution < -0.4 is 5.32 Å². The zero-order chi connectivity index (χ0) is 18.6. The molecule has 2 heterocycles. The van der Waals surface area contributed by atoms with Gasteiger partial charge < -0.3 is 10.1 Å². The van der Waals surface area contributed by atoms with Crippen molar-refractivity contribution in [1.29, 1.82) is 5.41 Å². The summed E-state index contributed by atoms with van der Waals surface area (Å²) in [5.41, 5.74) is 4.82. The van der Waals surface area contributed by atoms with E-state index in [9.17, 15) is 0 Å². The third kappa shape index (κ3) is 3.46. The Balaban J connectivity index is 1.84. The van der Waals surface area contributed by atoms with E-state index >= 15 is 0 Å². The first-order valence-electron chi connectivity index (χ1n) is 9.27. The second-order valence-corrected chi connectivity index (χ2v) is 6.51. The molecule has 2 N–H and O–H groups in total. The predicted molar refractivity (Wildman–Crippen MR) is 106 cm³/mol. The molecule has 2 aromatic carbocycles. The summed E-state index contributed by atoms with van der Waals surface area (Å²) in [7, 11) is 0. The van der Waals surface area contributed by atoms with Crippen molar-refractivity contribution >= 4 is 5.84 Å². The first kappa shape index (κ1) is 17.4. The van der Waals surface area contributed by atoms with E-state index < -0.39 is 6.23 Å². The van der Waals surface area contributed by atoms with Gasteiger partial charge in [0, 0.05) is 17.7 Å². The third-order valence-electron chi connectivity index (χ3n) is 4.56. The van der Waals surface area contributed by atoms with Gasteiger partial charge in [-0.2, -0.15) is 0 Å². The van der Waals surface area contributed by atoms with Gasteiger partial charge in [-0.3, -0.25) is 5.41 Å². The fourth-order valence-corrected chi connectivity index (χ4v) is 3.14. The van der Waals surface area contributed by atoms with E-state index in [4.69, 9.17) is 20.1 Å². The van der Waals surface area contributed by atoms with Gasteiger partial charge in [-0.05, 0) is 6.42 Å². The van der Waals surface area contributed by atoms with E-state index in [0.717, 1.165) is 35.4 Å². The van der Waals surface area contributed by atoms with Crippen LogP contribution in [0.25, 0.3) is 22.5 Å². The molecule has 27 heavy (non-hydrogen) atoms. The Morgan fingerprint density at radius 2 is 1.48 bits per heavy atom. The molecule has 4 rings (SSSR count). The Labute approximate surface area is 159 Å². The monoisotopic (exact) mass is 358 g/mol. The van der Waals surface area contributed by atoms with Crippen LogP contribution in [0.15, 0.2) is 60.7 Å². The Morgan fingerprint density at radius 1 is 0.889 bits per heavy atom. The van der Waals surface area contributed by atoms with Crippen molar-refractivity contribution in [3.63, 3.8) is 0 Å². The molecule has 0 radical (unpaired) electrons. The van der Waals surface area contributed by atoms with E-state index in [0.29, 0.717) is 18.0 Å². The number of hydrogen-bond donors (Lipinski definition) is 2. The van der Waals surface area contributed by atoms with Crippen LogP contribution in [0.3, 0.4) is 0 Å². The summed E-state index contributed by atoms with van der Waals surface area (Å²) in [5, 5.41) is 11.4. The minimum atomic E-state index is -0.418. The van der Waals surface area contributed by atoms with Crippen LogP contribution in [-0.2, 0) is 4.74 Å². The lowest BCUT2D eigenvalue weighted by Crippen LogP contribution is -2.22. The molecule has 3 aromatic rings. The highest BCUT2D eigenvalue weighted by Gasteiger charge is 2.32. The van der Waals surface area contributed by atoms with Crippen LogP contribution in [0, 0.1) is 5.41 Å². The van der Waals surface area contributed by atoms with Gasteiger partial charge in [-0.25, -0.2) is 9.97 Å². The lowest BCUT2D eigenvalue weighted by Gasteiger charge is -2.14. The first-order valence-corrected chi connectivity index (χ1v) is 9.27. The number of benzene rings is 2. The molecule has 1 aliphatic rings. The number of nitrogens with one attached hydrogen (secondary N) is 2. The maximum absolute atomic E-state index is 8.28. The molecule has 0 saturated carbocycles. The fraction of sp³-hybridized carbons (Fsp3) is 0.227. The predicted octanol–water partition coefficient (Wildman–Crippen LogP) is 4.55. The standard InChI is InChI=1S/C22H22N4O/c1-2-3-14-27-22-20-19(21(23)26-22)24-17(15-10-6-4-7-11-15)18(25-20)16-12-8-5-9-13-16/h4-13,22H,2-3,14H2,1H3,(H2,23,26). The van der Waals surface area contributed by atoms with Gasteiger partial charge in [-0.1, -0.05) is 74.0 Å². The Hall–Kier alpha value is -3.05. The zero-order valence-corrected chi connectivity index (χ0v) is 15.3. The molecule has 1 aromatic heterocycles. The minimum absolute atomic E-state index is 0.260. The van der Waals surface area contributed by atoms with Crippen molar-refractivity contribution in [1.82, 2.24) is 15.3 Å². The molecule has 0 saturated heterocycles. The summed E-state index contributed by atoms with van der Waals surface area (Å²) >= 11 is 0. The van der Waals surface area contributed by atoms with Crippen LogP contribution in [0.1, 0.15) is 37.4 Å². The van der Waals surface area contributed by atoms with Crippen molar-refractivity contribution < 1.29 is 4.74 Å². The van der Waals surface area contributed by atoms with Crippen LogP contribution in [0.2, 0.25) is 0 Å². The average Bonchev–Trinajstić information content (AvgIpc) is 3.03. The quantitative estimate of drug-likeness (QED) is 0.634. The molecule has 0 spiro atoms. The highest BCUT2D eigenvalue weighted by molar-refractivity contribution is 5.99. The number of fused-ring (bicyclic) bond motifs is 1. The van der Waals surface area contributed by atoms with Crippen molar-refractivity contribution in [2.24, 2.45) is 0 Å². The average molecular weight is 358 g/mol. The number of ether oxygens (including phenoxy) is 1. The highest BCUT2D eigenvalue weighted by atomic mass is 16.5. The normalized spacial score (nSPS) is 15.4. The Kier molecular flexibility index (Phi) is 4.94. The first-order chi connectivity index (χ1) is 13.3. The molecule has 0 amide bonds. The minimum Gasteiger partial charge on any atom is -0.352 e. The lowest BCUT2D eigenvalue weighted by molar-refractivity contribution is 0.0415. The lowest BCUT2D eigenvalue weighted by atomic mass is 10.0. The van der Waals surface area contributed by atoms with Gasteiger partial charge in [0.2, 0.25) is 0 Å². The molecule has 5 heteroatoms. The van der Waals surface area contributed by atoms with E-state index in [2.05, 4.69) is 12.2 Å². The molecule has 0 fully saturated rings. The molecular weight excluding hydrogens is 336 g/mol. The van der Waals surface area contributed by atoms with Gasteiger partial charge in [0.1, 0.15) is 17.2 Å². The van der Waals surface area contributed by atoms with Gasteiger partial charge >= 0.3 is 0 Å². The van der Waals surface area contributed by atoms with Crippen molar-refractivity contribution in [3.8, 4) is 22.5 Å². The number of unbranched alkanes of at least 4 members (excludes halogenated alkanes) is 1. The summed E-state index contributed by atoms with van der Waals surface area (Å²) in [6.07, 6.45) is 1.62. The largest absolute Gasteiger partial charge is 0.352 e. The van der Waals surface area contributed by atoms with Crippen molar-refractivity contribution in [2.75, 3.05) is 6.61 Å². The zero-order valence-electron chi connectivity index (χ0n) is 15.3. The fourth-order valence-electron chi connectivity index (χ4n) is 3.14. The molecule has 1 atom stereocenters. The summed E-state index contributed by atoms with van der Waals surface area (Å²) in [6, 6.07) is 20.0.